The van der Waals surface area contributed by atoms with Gasteiger partial charge >= 0.3 is 12.1 Å². The first-order valence-electron chi connectivity index (χ1n) is 2.32. The Bertz CT molecular complexity index is 168. The molecule has 0 radical (unpaired) electrons. The van der Waals surface area contributed by atoms with Crippen LogP contribution in [0, 0.1) is 0 Å². The number of allylic oxidation sites excluding steroid dienone is 1. The normalized spacial score (nSPS) is 13.4. The van der Waals surface area contributed by atoms with Crippen molar-refractivity contribution < 1.29 is 23.1 Å². The SMILES string of the molecule is C/C(=C\C(F)(F)F)C(=O)O. The molecule has 0 aliphatic heterocycles. The smallest absolute Gasteiger partial charge is 0.410 e. The molecule has 0 heterocycles. The Labute approximate surface area is 55.0 Å². The number of aliphatic carboxylic acids is 1. The lowest BCUT2D eigenvalue weighted by molar-refractivity contribution is -0.133. The fourth-order valence-electron chi connectivity index (χ4n) is 0.307. The second-order valence-corrected chi connectivity index (χ2v) is 1.67. The van der Waals surface area contributed by atoms with Crippen molar-refractivity contribution in [2.24, 2.45) is 0 Å². The van der Waals surface area contributed by atoms with E-state index in [1.54, 1.807) is 0 Å². The van der Waals surface area contributed by atoms with Crippen LogP contribution in [-0.2, 0) is 4.79 Å². The van der Waals surface area contributed by atoms with Gasteiger partial charge in [0.1, 0.15) is 0 Å². The van der Waals surface area contributed by atoms with Gasteiger partial charge in [-0.3, -0.25) is 0 Å². The van der Waals surface area contributed by atoms with Crippen LogP contribution in [0.4, 0.5) is 13.2 Å². The van der Waals surface area contributed by atoms with Gasteiger partial charge < -0.3 is 5.11 Å². The Balaban J connectivity index is 4.32. The van der Waals surface area contributed by atoms with Crippen LogP contribution in [0.15, 0.2) is 11.6 Å². The van der Waals surface area contributed by atoms with E-state index in [0.717, 1.165) is 6.92 Å². The summed E-state index contributed by atoms with van der Waals surface area (Å²) in [6, 6.07) is 0. The number of carbonyl (C=O) groups is 1. The molecule has 0 atom stereocenters. The summed E-state index contributed by atoms with van der Waals surface area (Å²) in [5.74, 6) is -1.56. The molecule has 0 aromatic rings. The Morgan fingerprint density at radius 1 is 1.50 bits per heavy atom. The lowest BCUT2D eigenvalue weighted by atomic mass is 10.3. The molecule has 0 spiro atoms. The second kappa shape index (κ2) is 2.72. The molecular formula is C5H5F3O2. The third-order valence-corrected chi connectivity index (χ3v) is 0.718. The summed E-state index contributed by atoms with van der Waals surface area (Å²) in [6.45, 7) is 0.885. The summed E-state index contributed by atoms with van der Waals surface area (Å²) < 4.78 is 34.0. The van der Waals surface area contributed by atoms with Crippen LogP contribution in [-0.4, -0.2) is 17.3 Å². The Hall–Kier alpha value is -1.00. The molecule has 0 fully saturated rings. The minimum Gasteiger partial charge on any atom is -0.478 e. The van der Waals surface area contributed by atoms with Gasteiger partial charge in [-0.1, -0.05) is 0 Å². The molecule has 0 saturated carbocycles. The molecule has 0 unspecified atom stereocenters. The van der Waals surface area contributed by atoms with Gasteiger partial charge in [-0.15, -0.1) is 0 Å². The van der Waals surface area contributed by atoms with E-state index in [9.17, 15) is 18.0 Å². The lowest BCUT2D eigenvalue weighted by Gasteiger charge is -1.98. The van der Waals surface area contributed by atoms with Gasteiger partial charge in [-0.2, -0.15) is 13.2 Å². The number of carboxylic acid groups (broad SMARTS) is 1. The number of carboxylic acids is 1. The van der Waals surface area contributed by atoms with Gasteiger partial charge in [0.2, 0.25) is 0 Å². The highest BCUT2D eigenvalue weighted by Gasteiger charge is 2.24. The van der Waals surface area contributed by atoms with E-state index in [2.05, 4.69) is 0 Å². The molecule has 0 aliphatic rings. The zero-order valence-electron chi connectivity index (χ0n) is 5.07. The summed E-state index contributed by atoms with van der Waals surface area (Å²) in [4.78, 5) is 9.81. The van der Waals surface area contributed by atoms with Gasteiger partial charge in [0.05, 0.1) is 0 Å². The van der Waals surface area contributed by atoms with E-state index < -0.39 is 17.7 Å². The molecule has 0 rings (SSSR count). The minimum atomic E-state index is -4.54. The quantitative estimate of drug-likeness (QED) is 0.582. The van der Waals surface area contributed by atoms with Gasteiger partial charge in [0, 0.05) is 11.6 Å². The minimum absolute atomic E-state index is 0.255. The monoisotopic (exact) mass is 154 g/mol. The first-order chi connectivity index (χ1) is 4.33. The average Bonchev–Trinajstić information content (AvgIpc) is 1.60. The third kappa shape index (κ3) is 3.94. The highest BCUT2D eigenvalue weighted by Crippen LogP contribution is 2.18. The van der Waals surface area contributed by atoms with Crippen molar-refractivity contribution in [3.05, 3.63) is 11.6 Å². The highest BCUT2D eigenvalue weighted by molar-refractivity contribution is 5.85. The summed E-state index contributed by atoms with van der Waals surface area (Å²) >= 11 is 0. The maximum Gasteiger partial charge on any atom is 0.410 e. The maximum absolute atomic E-state index is 11.3. The van der Waals surface area contributed by atoms with E-state index in [1.807, 2.05) is 0 Å². The second-order valence-electron chi connectivity index (χ2n) is 1.67. The molecule has 0 aliphatic carbocycles. The van der Waals surface area contributed by atoms with Crippen LogP contribution in [0.3, 0.4) is 0 Å². The van der Waals surface area contributed by atoms with Crippen LogP contribution < -0.4 is 0 Å². The predicted octanol–water partition coefficient (Wildman–Crippen LogP) is 1.58. The van der Waals surface area contributed by atoms with Crippen molar-refractivity contribution >= 4 is 5.97 Å². The van der Waals surface area contributed by atoms with E-state index in [4.69, 9.17) is 5.11 Å². The first kappa shape index (κ1) is 9.00. The number of alkyl halides is 3. The summed E-state index contributed by atoms with van der Waals surface area (Å²) in [5, 5.41) is 7.98. The summed E-state index contributed by atoms with van der Waals surface area (Å²) in [5.41, 5.74) is -0.715. The summed E-state index contributed by atoms with van der Waals surface area (Å²) in [6.07, 6.45) is -4.79. The van der Waals surface area contributed by atoms with Crippen LogP contribution in [0.1, 0.15) is 6.92 Å². The number of hydrogen-bond donors (Lipinski definition) is 1. The molecule has 0 saturated heterocycles. The van der Waals surface area contributed by atoms with Crippen molar-refractivity contribution in [1.82, 2.24) is 0 Å². The Morgan fingerprint density at radius 3 is 2.00 bits per heavy atom. The average molecular weight is 154 g/mol. The molecule has 0 amide bonds. The van der Waals surface area contributed by atoms with E-state index in [0.29, 0.717) is 0 Å². The molecule has 10 heavy (non-hydrogen) atoms. The molecule has 58 valence electrons. The van der Waals surface area contributed by atoms with Crippen LogP contribution >= 0.6 is 0 Å². The molecule has 2 nitrogen and oxygen atoms in total. The molecular weight excluding hydrogens is 149 g/mol. The van der Waals surface area contributed by atoms with Gasteiger partial charge in [-0.05, 0) is 6.92 Å². The molecule has 0 aromatic heterocycles. The highest BCUT2D eigenvalue weighted by atomic mass is 19.4. The predicted molar refractivity (Wildman–Crippen MR) is 27.4 cm³/mol. The largest absolute Gasteiger partial charge is 0.478 e. The third-order valence-electron chi connectivity index (χ3n) is 0.718. The topological polar surface area (TPSA) is 37.3 Å². The zero-order valence-corrected chi connectivity index (χ0v) is 5.07. The fraction of sp³-hybridized carbons (Fsp3) is 0.400. The Morgan fingerprint density at radius 2 is 1.90 bits per heavy atom. The lowest BCUT2D eigenvalue weighted by Crippen LogP contribution is -2.06. The van der Waals surface area contributed by atoms with Crippen molar-refractivity contribution in [1.29, 1.82) is 0 Å². The first-order valence-corrected chi connectivity index (χ1v) is 2.32. The number of hydrogen-bond acceptors (Lipinski definition) is 1. The Kier molecular flexibility index (Phi) is 2.45. The van der Waals surface area contributed by atoms with Gasteiger partial charge in [0.15, 0.2) is 0 Å². The zero-order chi connectivity index (χ0) is 8.36. The van der Waals surface area contributed by atoms with Crippen LogP contribution in [0.2, 0.25) is 0 Å². The standard InChI is InChI=1S/C5H5F3O2/c1-3(4(9)10)2-5(6,7)8/h2H,1H3,(H,9,10)/b3-2+. The van der Waals surface area contributed by atoms with Gasteiger partial charge in [0.25, 0.3) is 0 Å². The van der Waals surface area contributed by atoms with E-state index >= 15 is 0 Å². The molecule has 0 aromatic carbocycles. The van der Waals surface area contributed by atoms with Crippen molar-refractivity contribution in [2.75, 3.05) is 0 Å². The molecule has 1 N–H and O–H groups in total. The van der Waals surface area contributed by atoms with Gasteiger partial charge in [-0.25, -0.2) is 4.79 Å². The number of halogens is 3. The summed E-state index contributed by atoms with van der Waals surface area (Å²) in [7, 11) is 0. The van der Waals surface area contributed by atoms with Crippen LogP contribution in [0.5, 0.6) is 0 Å². The maximum atomic E-state index is 11.3. The number of rotatable bonds is 1. The van der Waals surface area contributed by atoms with Crippen LogP contribution in [0.25, 0.3) is 0 Å². The fourth-order valence-corrected chi connectivity index (χ4v) is 0.307. The van der Waals surface area contributed by atoms with Crippen molar-refractivity contribution in [3.63, 3.8) is 0 Å². The van der Waals surface area contributed by atoms with Crippen molar-refractivity contribution in [2.45, 2.75) is 13.1 Å². The van der Waals surface area contributed by atoms with E-state index in [-0.39, 0.29) is 6.08 Å². The van der Waals surface area contributed by atoms with E-state index in [1.165, 1.54) is 0 Å². The molecule has 5 heteroatoms. The molecule has 0 bridgehead atoms. The van der Waals surface area contributed by atoms with Crippen molar-refractivity contribution in [3.8, 4) is 0 Å².